The second-order valence-electron chi connectivity index (χ2n) is 14.4. The predicted octanol–water partition coefficient (Wildman–Crippen LogP) is 5.02. The summed E-state index contributed by atoms with van der Waals surface area (Å²) < 4.78 is 54.2. The number of hydrogen-bond donors (Lipinski definition) is 3. The lowest BCUT2D eigenvalue weighted by atomic mass is 10.1. The maximum atomic E-state index is 15.6. The molecule has 3 aromatic rings. The van der Waals surface area contributed by atoms with Crippen molar-refractivity contribution in [2.75, 3.05) is 27.3 Å². The summed E-state index contributed by atoms with van der Waals surface area (Å²) in [6.45, 7) is 5.99. The van der Waals surface area contributed by atoms with Gasteiger partial charge in [0.1, 0.15) is 33.5 Å². The van der Waals surface area contributed by atoms with E-state index < -0.39 is 55.9 Å². The monoisotopic (exact) mass is 756 g/mol. The number of ether oxygens (including phenoxy) is 2. The Labute approximate surface area is 306 Å². The van der Waals surface area contributed by atoms with Crippen molar-refractivity contribution < 1.29 is 36.7 Å². The van der Waals surface area contributed by atoms with E-state index in [2.05, 4.69) is 25.3 Å². The molecule has 2 saturated carbocycles. The molecule has 3 N–H and O–H groups in total. The summed E-state index contributed by atoms with van der Waals surface area (Å²) in [6, 6.07) is 3.12. The van der Waals surface area contributed by atoms with Gasteiger partial charge in [-0.2, -0.15) is 0 Å². The van der Waals surface area contributed by atoms with Gasteiger partial charge < -0.3 is 25.0 Å². The van der Waals surface area contributed by atoms with Crippen LogP contribution in [0, 0.1) is 11.7 Å². The average Bonchev–Trinajstić information content (AvgIpc) is 3.96. The second kappa shape index (κ2) is 14.6. The number of pyridine rings is 1. The van der Waals surface area contributed by atoms with Gasteiger partial charge >= 0.3 is 6.03 Å². The van der Waals surface area contributed by atoms with Gasteiger partial charge in [-0.15, -0.1) is 11.3 Å². The van der Waals surface area contributed by atoms with Crippen molar-refractivity contribution in [2.45, 2.75) is 88.0 Å². The van der Waals surface area contributed by atoms with Crippen molar-refractivity contribution in [3.63, 3.8) is 0 Å². The van der Waals surface area contributed by atoms with Crippen LogP contribution >= 0.6 is 11.3 Å². The number of halogens is 1. The van der Waals surface area contributed by atoms with Crippen LogP contribution in [0.5, 0.6) is 11.5 Å². The fourth-order valence-corrected chi connectivity index (χ4v) is 8.38. The molecular formula is C36H45FN6O7S2. The van der Waals surface area contributed by atoms with E-state index in [1.54, 1.807) is 26.1 Å². The molecule has 2 aromatic heterocycles. The normalized spacial score (nSPS) is 23.3. The smallest absolute Gasteiger partial charge is 0.317 e. The van der Waals surface area contributed by atoms with Crippen LogP contribution in [0.15, 0.2) is 35.7 Å². The van der Waals surface area contributed by atoms with Crippen molar-refractivity contribution in [3.8, 4) is 22.2 Å². The Morgan fingerprint density at radius 3 is 2.65 bits per heavy atom. The Balaban J connectivity index is 1.27. The lowest BCUT2D eigenvalue weighted by Gasteiger charge is -2.26. The molecule has 16 heteroatoms. The standard InChI is InChI=1S/C36H45FN6O7S2/c1-21(2)26-20-51-32(39-26)25-18-28(23-11-12-27(49-5)29(37)30(23)38-25)50-17-13-24-31(44)41-36(33(45)42-52(47,48)35(3)14-15-35)19-22(36)10-8-6-7-9-16-43(4)34(46)40-24/h8,10-12,18,20-22,24H,6-7,9,13-17,19H2,1-5H3,(H,40,46)(H,41,44)(H,42,45)/t22-,24+,36-/m1/s1. The number of carbonyl (C=O) groups excluding carboxylic acids is 3. The average molecular weight is 757 g/mol. The number of allylic oxidation sites excluding steroid dienone is 1. The van der Waals surface area contributed by atoms with Crippen LogP contribution in [0.4, 0.5) is 9.18 Å². The van der Waals surface area contributed by atoms with Gasteiger partial charge in [0, 0.05) is 42.8 Å². The third kappa shape index (κ3) is 7.58. The fourth-order valence-electron chi connectivity index (χ4n) is 6.12. The molecule has 1 aromatic carbocycles. The summed E-state index contributed by atoms with van der Waals surface area (Å²) in [5, 5.41) is 8.45. The number of amides is 4. The number of nitrogens with one attached hydrogen (secondary N) is 3. The molecule has 3 heterocycles. The molecule has 52 heavy (non-hydrogen) atoms. The van der Waals surface area contributed by atoms with Crippen LogP contribution in [0.25, 0.3) is 21.6 Å². The van der Waals surface area contributed by atoms with Crippen molar-refractivity contribution in [3.05, 3.63) is 47.2 Å². The third-order valence-corrected chi connectivity index (χ3v) is 13.1. The number of benzene rings is 1. The Morgan fingerprint density at radius 2 is 1.96 bits per heavy atom. The van der Waals surface area contributed by atoms with Gasteiger partial charge in [0.15, 0.2) is 11.6 Å². The van der Waals surface area contributed by atoms with Crippen molar-refractivity contribution in [2.24, 2.45) is 5.92 Å². The van der Waals surface area contributed by atoms with E-state index >= 15 is 4.39 Å². The first-order chi connectivity index (χ1) is 24.7. The lowest BCUT2D eigenvalue weighted by Crippen LogP contribution is -2.58. The summed E-state index contributed by atoms with van der Waals surface area (Å²) >= 11 is 1.38. The molecule has 2 aliphatic carbocycles. The Hall–Kier alpha value is -4.31. The topological polar surface area (TPSA) is 169 Å². The summed E-state index contributed by atoms with van der Waals surface area (Å²) in [6.07, 6.45) is 7.06. The molecule has 0 radical (unpaired) electrons. The van der Waals surface area contributed by atoms with Crippen molar-refractivity contribution in [1.82, 2.24) is 30.2 Å². The predicted molar refractivity (Wildman–Crippen MR) is 195 cm³/mol. The van der Waals surface area contributed by atoms with E-state index in [0.29, 0.717) is 41.9 Å². The fraction of sp³-hybridized carbons (Fsp3) is 0.528. The van der Waals surface area contributed by atoms with Crippen LogP contribution in [-0.4, -0.2) is 84.8 Å². The molecule has 2 fully saturated rings. The summed E-state index contributed by atoms with van der Waals surface area (Å²) in [7, 11) is -0.968. The first-order valence-electron chi connectivity index (χ1n) is 17.5. The molecule has 6 rings (SSSR count). The zero-order valence-corrected chi connectivity index (χ0v) is 31.6. The first kappa shape index (κ1) is 37.4. The van der Waals surface area contributed by atoms with E-state index in [0.717, 1.165) is 18.5 Å². The first-order valence-corrected chi connectivity index (χ1v) is 19.9. The van der Waals surface area contributed by atoms with E-state index in [-0.39, 0.29) is 42.4 Å². The summed E-state index contributed by atoms with van der Waals surface area (Å²) in [5.74, 6) is -2.08. The number of nitrogens with zero attached hydrogens (tertiary/aromatic N) is 3. The highest BCUT2D eigenvalue weighted by Gasteiger charge is 2.62. The molecule has 3 atom stereocenters. The van der Waals surface area contributed by atoms with Gasteiger partial charge in [-0.1, -0.05) is 26.0 Å². The van der Waals surface area contributed by atoms with E-state index in [9.17, 15) is 22.8 Å². The Morgan fingerprint density at radius 1 is 1.19 bits per heavy atom. The molecule has 0 spiro atoms. The minimum absolute atomic E-state index is 0.0126. The van der Waals surface area contributed by atoms with Crippen LogP contribution in [0.3, 0.4) is 0 Å². The number of sulfonamides is 1. The highest BCUT2D eigenvalue weighted by Crippen LogP contribution is 2.47. The number of carbonyl (C=O) groups is 3. The van der Waals surface area contributed by atoms with Gasteiger partial charge in [0.25, 0.3) is 5.91 Å². The Bertz CT molecular complexity index is 2010. The van der Waals surface area contributed by atoms with Gasteiger partial charge in [-0.25, -0.2) is 27.6 Å². The molecule has 280 valence electrons. The molecule has 0 unspecified atom stereocenters. The van der Waals surface area contributed by atoms with Gasteiger partial charge in [0.05, 0.1) is 24.2 Å². The maximum absolute atomic E-state index is 15.6. The number of urea groups is 1. The highest BCUT2D eigenvalue weighted by atomic mass is 32.2. The third-order valence-electron chi connectivity index (χ3n) is 10.1. The van der Waals surface area contributed by atoms with Crippen molar-refractivity contribution in [1.29, 1.82) is 0 Å². The Kier molecular flexibility index (Phi) is 10.5. The van der Waals surface area contributed by atoms with Crippen LogP contribution < -0.4 is 24.8 Å². The van der Waals surface area contributed by atoms with Crippen molar-refractivity contribution >= 4 is 50.1 Å². The lowest BCUT2D eigenvalue weighted by molar-refractivity contribution is -0.130. The molecule has 1 aliphatic heterocycles. The summed E-state index contributed by atoms with van der Waals surface area (Å²) in [4.78, 5) is 51.6. The van der Waals surface area contributed by atoms with E-state index in [1.165, 1.54) is 29.4 Å². The highest BCUT2D eigenvalue weighted by molar-refractivity contribution is 7.91. The maximum Gasteiger partial charge on any atom is 0.317 e. The molecule has 0 bridgehead atoms. The quantitative estimate of drug-likeness (QED) is 0.241. The van der Waals surface area contributed by atoms with Crippen LogP contribution in [0.1, 0.15) is 77.3 Å². The molecule has 3 aliphatic rings. The largest absolute Gasteiger partial charge is 0.494 e. The molecule has 13 nitrogen and oxygen atoms in total. The number of methoxy groups -OCH3 is 1. The number of hydrogen-bond acceptors (Lipinski definition) is 10. The number of rotatable bonds is 10. The minimum Gasteiger partial charge on any atom is -0.494 e. The number of fused-ring (bicyclic) bond motifs is 2. The second-order valence-corrected chi connectivity index (χ2v) is 17.4. The van der Waals surface area contributed by atoms with Crippen LogP contribution in [0.2, 0.25) is 0 Å². The summed E-state index contributed by atoms with van der Waals surface area (Å²) in [5.41, 5.74) is -0.209. The molecular weight excluding hydrogens is 712 g/mol. The minimum atomic E-state index is -3.97. The molecule has 4 amide bonds. The zero-order chi connectivity index (χ0) is 37.4. The van der Waals surface area contributed by atoms with Crippen LogP contribution in [-0.2, 0) is 19.6 Å². The SMILES string of the molecule is COc1ccc2c(OCC[C@@H]3NC(=O)N(C)CCCCC=C[C@@H]4C[C@@]4(C(=O)NS(=O)(=O)C4(C)CC4)NC3=O)cc(-c3nc(C(C)C)cs3)nc2c1F. The van der Waals surface area contributed by atoms with Gasteiger partial charge in [-0.05, 0) is 63.5 Å². The van der Waals surface area contributed by atoms with E-state index in [4.69, 9.17) is 9.47 Å². The van der Waals surface area contributed by atoms with Gasteiger partial charge in [0.2, 0.25) is 15.9 Å². The van der Waals surface area contributed by atoms with E-state index in [1.807, 2.05) is 31.4 Å². The number of thiazole rings is 1. The number of aromatic nitrogens is 2. The zero-order valence-electron chi connectivity index (χ0n) is 30.0. The van der Waals surface area contributed by atoms with Gasteiger partial charge in [-0.3, -0.25) is 14.3 Å². The molecule has 0 saturated heterocycles.